The molecule has 4 rings (SSSR count). The number of hydrogen-bond donors (Lipinski definition) is 1. The van der Waals surface area contributed by atoms with E-state index in [2.05, 4.69) is 41.1 Å². The summed E-state index contributed by atoms with van der Waals surface area (Å²) in [6.07, 6.45) is 2.89. The van der Waals surface area contributed by atoms with Crippen LogP contribution < -0.4 is 15.1 Å². The van der Waals surface area contributed by atoms with Crippen molar-refractivity contribution in [2.24, 2.45) is 0 Å². The molecule has 1 saturated heterocycles. The molecule has 0 amide bonds. The first kappa shape index (κ1) is 20.0. The molecule has 9 nitrogen and oxygen atoms in total. The van der Waals surface area contributed by atoms with Gasteiger partial charge < -0.3 is 15.1 Å². The summed E-state index contributed by atoms with van der Waals surface area (Å²) in [7, 11) is 0. The van der Waals surface area contributed by atoms with Gasteiger partial charge in [-0.3, -0.25) is 10.1 Å². The number of nitro groups is 1. The first-order valence-electron chi connectivity index (χ1n) is 9.14. The second kappa shape index (κ2) is 8.57. The molecule has 0 aliphatic carbocycles. The molecule has 2 aromatic heterocycles. The molecule has 1 N–H and O–H groups in total. The van der Waals surface area contributed by atoms with Crippen LogP contribution >= 0.6 is 15.9 Å². The number of halogens is 2. The Hall–Kier alpha value is -3.34. The van der Waals surface area contributed by atoms with E-state index in [9.17, 15) is 14.5 Å². The van der Waals surface area contributed by atoms with Crippen molar-refractivity contribution in [3.8, 4) is 0 Å². The Labute approximate surface area is 179 Å². The molecule has 0 radical (unpaired) electrons. The van der Waals surface area contributed by atoms with Crippen molar-refractivity contribution in [2.75, 3.05) is 41.3 Å². The Morgan fingerprint density at radius 1 is 1.00 bits per heavy atom. The first-order chi connectivity index (χ1) is 14.5. The molecule has 30 heavy (non-hydrogen) atoms. The molecule has 1 aliphatic heterocycles. The van der Waals surface area contributed by atoms with Gasteiger partial charge in [0.2, 0.25) is 11.6 Å². The zero-order valence-corrected chi connectivity index (χ0v) is 17.3. The Morgan fingerprint density at radius 2 is 1.70 bits per heavy atom. The summed E-state index contributed by atoms with van der Waals surface area (Å²) in [6, 6.07) is 9.77. The van der Waals surface area contributed by atoms with Gasteiger partial charge in [-0.05, 0) is 52.3 Å². The summed E-state index contributed by atoms with van der Waals surface area (Å²) in [5.74, 6) is 0.496. The molecule has 3 heterocycles. The smallest absolute Gasteiger partial charge is 0.353 e. The van der Waals surface area contributed by atoms with Crippen molar-refractivity contribution < 1.29 is 9.31 Å². The van der Waals surface area contributed by atoms with Crippen LogP contribution in [0.2, 0.25) is 0 Å². The molecule has 0 atom stereocenters. The minimum atomic E-state index is -0.483. The second-order valence-corrected chi connectivity index (χ2v) is 7.50. The van der Waals surface area contributed by atoms with Gasteiger partial charge in [0, 0.05) is 42.5 Å². The van der Waals surface area contributed by atoms with Crippen molar-refractivity contribution in [3.63, 3.8) is 0 Å². The average Bonchev–Trinajstić information content (AvgIpc) is 2.76. The van der Waals surface area contributed by atoms with Crippen LogP contribution in [0.25, 0.3) is 0 Å². The van der Waals surface area contributed by atoms with E-state index < -0.39 is 4.92 Å². The van der Waals surface area contributed by atoms with Crippen LogP contribution in [0.1, 0.15) is 0 Å². The number of rotatable bonds is 5. The average molecular weight is 474 g/mol. The minimum Gasteiger partial charge on any atom is -0.368 e. The van der Waals surface area contributed by atoms with Crippen LogP contribution in [-0.4, -0.2) is 46.1 Å². The van der Waals surface area contributed by atoms with E-state index >= 15 is 0 Å². The monoisotopic (exact) mass is 473 g/mol. The summed E-state index contributed by atoms with van der Waals surface area (Å²) in [5, 5.41) is 14.7. The van der Waals surface area contributed by atoms with Gasteiger partial charge in [-0.25, -0.2) is 19.3 Å². The third-order valence-corrected chi connectivity index (χ3v) is 5.20. The molecule has 11 heteroatoms. The van der Waals surface area contributed by atoms with Crippen LogP contribution in [0.15, 0.2) is 53.4 Å². The molecular weight excluding hydrogens is 457 g/mol. The summed E-state index contributed by atoms with van der Waals surface area (Å²) in [5.41, 5.74) is 0.717. The van der Waals surface area contributed by atoms with Crippen molar-refractivity contribution in [1.29, 1.82) is 0 Å². The van der Waals surface area contributed by atoms with E-state index in [0.717, 1.165) is 10.2 Å². The Morgan fingerprint density at radius 3 is 2.33 bits per heavy atom. The van der Waals surface area contributed by atoms with Crippen LogP contribution in [0.3, 0.4) is 0 Å². The lowest BCUT2D eigenvalue weighted by atomic mass is 10.2. The van der Waals surface area contributed by atoms with Gasteiger partial charge in [-0.15, -0.1) is 0 Å². The summed E-state index contributed by atoms with van der Waals surface area (Å²) < 4.78 is 13.9. The van der Waals surface area contributed by atoms with Crippen LogP contribution in [0.4, 0.5) is 33.2 Å². The Kier molecular flexibility index (Phi) is 5.70. The van der Waals surface area contributed by atoms with Crippen molar-refractivity contribution >= 4 is 44.8 Å². The van der Waals surface area contributed by atoms with Gasteiger partial charge in [0.05, 0.1) is 4.92 Å². The molecule has 0 saturated carbocycles. The molecule has 0 spiro atoms. The highest BCUT2D eigenvalue weighted by atomic mass is 79.9. The topological polar surface area (TPSA) is 100 Å². The minimum absolute atomic E-state index is 0.0841. The van der Waals surface area contributed by atoms with Gasteiger partial charge in [0.15, 0.2) is 0 Å². The molecule has 3 aromatic rings. The lowest BCUT2D eigenvalue weighted by molar-refractivity contribution is -0.383. The molecule has 154 valence electrons. The summed E-state index contributed by atoms with van der Waals surface area (Å²) >= 11 is 3.30. The number of nitrogens with zero attached hydrogens (tertiary/aromatic N) is 6. The highest BCUT2D eigenvalue weighted by Crippen LogP contribution is 2.34. The van der Waals surface area contributed by atoms with Gasteiger partial charge in [0.1, 0.15) is 18.0 Å². The van der Waals surface area contributed by atoms with E-state index in [1.54, 1.807) is 30.5 Å². The summed E-state index contributed by atoms with van der Waals surface area (Å²) in [6.45, 7) is 2.32. The fourth-order valence-electron chi connectivity index (χ4n) is 3.26. The largest absolute Gasteiger partial charge is 0.368 e. The number of nitrogens with one attached hydrogen (secondary N) is 1. The number of aromatic nitrogens is 3. The third kappa shape index (κ3) is 4.30. The molecule has 0 unspecified atom stereocenters. The van der Waals surface area contributed by atoms with Crippen LogP contribution in [0, 0.1) is 15.9 Å². The van der Waals surface area contributed by atoms with E-state index in [4.69, 9.17) is 0 Å². The fourth-order valence-corrected chi connectivity index (χ4v) is 3.49. The molecule has 0 bridgehead atoms. The zero-order chi connectivity index (χ0) is 21.1. The van der Waals surface area contributed by atoms with Crippen molar-refractivity contribution in [2.45, 2.75) is 0 Å². The molecule has 1 aromatic carbocycles. The first-order valence-corrected chi connectivity index (χ1v) is 9.94. The lowest BCUT2D eigenvalue weighted by Gasteiger charge is -2.36. The van der Waals surface area contributed by atoms with E-state index in [1.807, 2.05) is 4.90 Å². The van der Waals surface area contributed by atoms with E-state index in [1.165, 1.54) is 18.5 Å². The normalized spacial score (nSPS) is 13.9. The van der Waals surface area contributed by atoms with Crippen molar-refractivity contribution in [1.82, 2.24) is 15.0 Å². The van der Waals surface area contributed by atoms with Crippen molar-refractivity contribution in [3.05, 3.63) is 69.3 Å². The second-order valence-electron chi connectivity index (χ2n) is 6.59. The quantitative estimate of drug-likeness (QED) is 0.441. The number of hydrogen-bond acceptors (Lipinski definition) is 8. The standard InChI is InChI=1S/C19H17BrFN7O2/c20-13-1-6-16(22-11-13)25-18-17(28(29)30)19(24-12-23-18)27-9-7-26(8-10-27)15-4-2-14(21)3-5-15/h1-6,11-12H,7-10H2,(H,22,23,24,25). The number of anilines is 4. The maximum absolute atomic E-state index is 13.2. The van der Waals surface area contributed by atoms with E-state index in [-0.39, 0.29) is 23.1 Å². The Bertz CT molecular complexity index is 1040. The van der Waals surface area contributed by atoms with Gasteiger partial charge >= 0.3 is 5.69 Å². The molecule has 1 aliphatic rings. The maximum atomic E-state index is 13.2. The SMILES string of the molecule is O=[N+]([O-])c1c(Nc2ccc(Br)cn2)ncnc1N1CCN(c2ccc(F)cc2)CC1. The predicted molar refractivity (Wildman–Crippen MR) is 115 cm³/mol. The van der Waals surface area contributed by atoms with Gasteiger partial charge in [-0.1, -0.05) is 0 Å². The van der Waals surface area contributed by atoms with E-state index in [0.29, 0.717) is 32.0 Å². The summed E-state index contributed by atoms with van der Waals surface area (Å²) in [4.78, 5) is 27.7. The highest BCUT2D eigenvalue weighted by Gasteiger charge is 2.29. The van der Waals surface area contributed by atoms with Crippen LogP contribution in [-0.2, 0) is 0 Å². The fraction of sp³-hybridized carbons (Fsp3) is 0.211. The lowest BCUT2D eigenvalue weighted by Crippen LogP contribution is -2.47. The third-order valence-electron chi connectivity index (χ3n) is 4.73. The number of pyridine rings is 1. The predicted octanol–water partition coefficient (Wildman–Crippen LogP) is 3.75. The number of benzene rings is 1. The molecular formula is C19H17BrFN7O2. The number of piperazine rings is 1. The maximum Gasteiger partial charge on any atom is 0.353 e. The van der Waals surface area contributed by atoms with Gasteiger partial charge in [0.25, 0.3) is 0 Å². The highest BCUT2D eigenvalue weighted by molar-refractivity contribution is 9.10. The van der Waals surface area contributed by atoms with Crippen LogP contribution in [0.5, 0.6) is 0 Å². The zero-order valence-electron chi connectivity index (χ0n) is 15.7. The molecule has 1 fully saturated rings. The van der Waals surface area contributed by atoms with Gasteiger partial charge in [-0.2, -0.15) is 0 Å². The Balaban J connectivity index is 1.54.